The van der Waals surface area contributed by atoms with E-state index < -0.39 is 0 Å². The normalized spacial score (nSPS) is 10.7. The Morgan fingerprint density at radius 1 is 1.15 bits per heavy atom. The summed E-state index contributed by atoms with van der Waals surface area (Å²) in [5, 5.41) is 0. The maximum Gasteiger partial charge on any atom is 0.133 e. The number of nitrogens with zero attached hydrogens (tertiary/aromatic N) is 2. The Morgan fingerprint density at radius 3 is 2.50 bits per heavy atom. The van der Waals surface area contributed by atoms with E-state index in [9.17, 15) is 0 Å². The van der Waals surface area contributed by atoms with Crippen LogP contribution in [0.1, 0.15) is 29.3 Å². The van der Waals surface area contributed by atoms with E-state index >= 15 is 0 Å². The lowest BCUT2D eigenvalue weighted by Crippen LogP contribution is -2.13. The van der Waals surface area contributed by atoms with E-state index in [2.05, 4.69) is 63.1 Å². The average molecular weight is 289 g/mol. The molecular weight excluding hydrogens is 268 g/mol. The summed E-state index contributed by atoms with van der Waals surface area (Å²) < 4.78 is 0. The number of alkyl halides is 1. The van der Waals surface area contributed by atoms with E-state index in [4.69, 9.17) is 16.6 Å². The van der Waals surface area contributed by atoms with Gasteiger partial charge >= 0.3 is 0 Å². The third kappa shape index (κ3) is 3.13. The number of aromatic nitrogens is 1. The minimum atomic E-state index is 0.517. The van der Waals surface area contributed by atoms with Crippen molar-refractivity contribution in [2.45, 2.75) is 33.1 Å². The quantitative estimate of drug-likeness (QED) is 0.754. The zero-order valence-electron chi connectivity index (χ0n) is 12.6. The topological polar surface area (TPSA) is 16.1 Å². The van der Waals surface area contributed by atoms with Crippen LogP contribution in [0.15, 0.2) is 30.3 Å². The summed E-state index contributed by atoms with van der Waals surface area (Å²) in [5.41, 5.74) is 5.90. The van der Waals surface area contributed by atoms with Crippen LogP contribution >= 0.6 is 11.6 Å². The molecule has 3 heteroatoms. The smallest absolute Gasteiger partial charge is 0.133 e. The van der Waals surface area contributed by atoms with Crippen molar-refractivity contribution >= 4 is 23.1 Å². The predicted molar refractivity (Wildman–Crippen MR) is 87.2 cm³/mol. The second-order valence-corrected chi connectivity index (χ2v) is 5.43. The largest absolute Gasteiger partial charge is 0.329 e. The molecule has 1 aromatic carbocycles. The molecule has 0 amide bonds. The number of pyridine rings is 1. The number of rotatable bonds is 4. The van der Waals surface area contributed by atoms with Crippen LogP contribution in [0.25, 0.3) is 0 Å². The van der Waals surface area contributed by atoms with Gasteiger partial charge in [0.05, 0.1) is 0 Å². The minimum Gasteiger partial charge on any atom is -0.329 e. The average Bonchev–Trinajstić information content (AvgIpc) is 2.46. The molecule has 2 aromatic rings. The minimum absolute atomic E-state index is 0.517. The molecule has 0 aliphatic heterocycles. The second-order valence-electron chi connectivity index (χ2n) is 5.16. The van der Waals surface area contributed by atoms with Crippen molar-refractivity contribution in [1.82, 2.24) is 4.98 Å². The summed E-state index contributed by atoms with van der Waals surface area (Å²) in [6.07, 6.45) is 0.915. The van der Waals surface area contributed by atoms with Crippen molar-refractivity contribution in [3.05, 3.63) is 52.7 Å². The number of hydrogen-bond acceptors (Lipinski definition) is 2. The number of hydrogen-bond donors (Lipinski definition) is 0. The van der Waals surface area contributed by atoms with E-state index in [1.54, 1.807) is 0 Å². The van der Waals surface area contributed by atoms with Gasteiger partial charge in [-0.15, -0.1) is 11.6 Å². The molecule has 0 radical (unpaired) electrons. The van der Waals surface area contributed by atoms with Crippen LogP contribution in [0.2, 0.25) is 0 Å². The molecule has 2 nitrogen and oxygen atoms in total. The molecule has 1 aromatic heterocycles. The zero-order chi connectivity index (χ0) is 14.7. The molecule has 1 heterocycles. The van der Waals surface area contributed by atoms with Crippen molar-refractivity contribution in [1.29, 1.82) is 0 Å². The molecule has 0 atom stereocenters. The van der Waals surface area contributed by atoms with E-state index in [0.717, 1.165) is 23.5 Å². The fourth-order valence-electron chi connectivity index (χ4n) is 2.37. The zero-order valence-corrected chi connectivity index (χ0v) is 13.3. The van der Waals surface area contributed by atoms with Gasteiger partial charge < -0.3 is 4.90 Å². The Hall–Kier alpha value is -1.54. The van der Waals surface area contributed by atoms with Crippen molar-refractivity contribution in [3.8, 4) is 0 Å². The first-order valence-corrected chi connectivity index (χ1v) is 7.45. The monoisotopic (exact) mass is 288 g/mol. The Balaban J connectivity index is 2.44. The fraction of sp³-hybridized carbons (Fsp3) is 0.353. The molecule has 20 heavy (non-hydrogen) atoms. The van der Waals surface area contributed by atoms with Gasteiger partial charge in [-0.2, -0.15) is 0 Å². The van der Waals surface area contributed by atoms with Crippen molar-refractivity contribution < 1.29 is 0 Å². The standard InChI is InChI=1S/C17H21ClN2/c1-5-15-9-14(11-18)10-17(19-15)20(4)16-7-6-12(2)8-13(16)3/h6-10H,5,11H2,1-4H3. The Kier molecular flexibility index (Phi) is 4.66. The van der Waals surface area contributed by atoms with E-state index in [1.165, 1.54) is 16.8 Å². The SMILES string of the molecule is CCc1cc(CCl)cc(N(C)c2ccc(C)cc2C)n1. The van der Waals surface area contributed by atoms with Gasteiger partial charge in [-0.3, -0.25) is 0 Å². The Bertz CT molecular complexity index is 586. The molecule has 2 rings (SSSR count). The first-order chi connectivity index (χ1) is 9.55. The molecule has 0 saturated heterocycles. The first-order valence-electron chi connectivity index (χ1n) is 6.92. The molecule has 0 unspecified atom stereocenters. The molecule has 0 aliphatic rings. The summed E-state index contributed by atoms with van der Waals surface area (Å²) in [4.78, 5) is 6.84. The first kappa shape index (κ1) is 14.9. The third-order valence-corrected chi connectivity index (χ3v) is 3.81. The van der Waals surface area contributed by atoms with Gasteiger partial charge in [0.25, 0.3) is 0 Å². The van der Waals surface area contributed by atoms with Crippen LogP contribution < -0.4 is 4.90 Å². The van der Waals surface area contributed by atoms with Gasteiger partial charge in [0.2, 0.25) is 0 Å². The lowest BCUT2D eigenvalue weighted by atomic mass is 10.1. The molecule has 0 saturated carbocycles. The van der Waals surface area contributed by atoms with E-state index in [0.29, 0.717) is 5.88 Å². The number of halogens is 1. The maximum atomic E-state index is 5.98. The van der Waals surface area contributed by atoms with Gasteiger partial charge in [-0.1, -0.05) is 24.6 Å². The van der Waals surface area contributed by atoms with Crippen LogP contribution in [-0.2, 0) is 12.3 Å². The Morgan fingerprint density at radius 2 is 1.90 bits per heavy atom. The summed E-state index contributed by atoms with van der Waals surface area (Å²) >= 11 is 5.98. The maximum absolute atomic E-state index is 5.98. The summed E-state index contributed by atoms with van der Waals surface area (Å²) in [7, 11) is 2.05. The lowest BCUT2D eigenvalue weighted by Gasteiger charge is -2.22. The molecule has 0 N–H and O–H groups in total. The van der Waals surface area contributed by atoms with Crippen LogP contribution in [-0.4, -0.2) is 12.0 Å². The summed E-state index contributed by atoms with van der Waals surface area (Å²) in [6.45, 7) is 6.35. The number of benzene rings is 1. The molecule has 0 fully saturated rings. The van der Waals surface area contributed by atoms with E-state index in [-0.39, 0.29) is 0 Å². The van der Waals surface area contributed by atoms with Gasteiger partial charge in [-0.25, -0.2) is 4.98 Å². The molecular formula is C17H21ClN2. The van der Waals surface area contributed by atoms with Gasteiger partial charge in [-0.05, 0) is 49.6 Å². The van der Waals surface area contributed by atoms with Crippen molar-refractivity contribution in [2.75, 3.05) is 11.9 Å². The number of aryl methyl sites for hydroxylation is 3. The van der Waals surface area contributed by atoms with Crippen LogP contribution in [0.4, 0.5) is 11.5 Å². The highest BCUT2D eigenvalue weighted by Gasteiger charge is 2.10. The predicted octanol–water partition coefficient (Wildman–Crippen LogP) is 4.77. The van der Waals surface area contributed by atoms with Gasteiger partial charge in [0.15, 0.2) is 0 Å². The van der Waals surface area contributed by atoms with Crippen LogP contribution in [0.3, 0.4) is 0 Å². The van der Waals surface area contributed by atoms with Gasteiger partial charge in [0, 0.05) is 24.3 Å². The molecule has 0 aliphatic carbocycles. The van der Waals surface area contributed by atoms with Crippen molar-refractivity contribution in [3.63, 3.8) is 0 Å². The van der Waals surface area contributed by atoms with E-state index in [1.807, 2.05) is 0 Å². The fourth-order valence-corrected chi connectivity index (χ4v) is 2.52. The highest BCUT2D eigenvalue weighted by Crippen LogP contribution is 2.27. The molecule has 106 valence electrons. The van der Waals surface area contributed by atoms with Crippen molar-refractivity contribution in [2.24, 2.45) is 0 Å². The second kappa shape index (κ2) is 6.27. The number of anilines is 2. The molecule has 0 bridgehead atoms. The third-order valence-electron chi connectivity index (χ3n) is 3.50. The van der Waals surface area contributed by atoms with Crippen LogP contribution in [0, 0.1) is 13.8 Å². The van der Waals surface area contributed by atoms with Gasteiger partial charge in [0.1, 0.15) is 5.82 Å². The van der Waals surface area contributed by atoms with Crippen LogP contribution in [0.5, 0.6) is 0 Å². The highest BCUT2D eigenvalue weighted by atomic mass is 35.5. The highest BCUT2D eigenvalue weighted by molar-refractivity contribution is 6.17. The Labute approximate surface area is 126 Å². The summed E-state index contributed by atoms with van der Waals surface area (Å²) in [5.74, 6) is 1.47. The lowest BCUT2D eigenvalue weighted by molar-refractivity contribution is 0.995. The summed E-state index contributed by atoms with van der Waals surface area (Å²) in [6, 6.07) is 10.6. The molecule has 0 spiro atoms.